The normalized spacial score (nSPS) is 19.2. The summed E-state index contributed by atoms with van der Waals surface area (Å²) >= 11 is 3.56. The van der Waals surface area contributed by atoms with Crippen LogP contribution in [0.5, 0.6) is 11.5 Å². The highest BCUT2D eigenvalue weighted by atomic mass is 79.9. The number of methoxy groups -OCH3 is 1. The van der Waals surface area contributed by atoms with Gasteiger partial charge in [-0.05, 0) is 113 Å². The smallest absolute Gasteiger partial charge is 0.407 e. The van der Waals surface area contributed by atoms with E-state index in [1.165, 1.54) is 19.5 Å². The molecule has 70 heavy (non-hydrogen) atoms. The Hall–Kier alpha value is -5.97. The molecule has 0 radical (unpaired) electrons. The van der Waals surface area contributed by atoms with Gasteiger partial charge in [-0.25, -0.2) is 14.8 Å². The van der Waals surface area contributed by atoms with Gasteiger partial charge in [0.05, 0.1) is 31.3 Å². The third-order valence-electron chi connectivity index (χ3n) is 13.8. The van der Waals surface area contributed by atoms with Crippen molar-refractivity contribution in [3.63, 3.8) is 0 Å². The molecule has 1 saturated heterocycles. The average Bonchev–Trinajstić information content (AvgIpc) is 3.78. The van der Waals surface area contributed by atoms with Crippen molar-refractivity contribution < 1.29 is 38.2 Å². The summed E-state index contributed by atoms with van der Waals surface area (Å²) in [5, 5.41) is 16.0. The van der Waals surface area contributed by atoms with Crippen molar-refractivity contribution in [3.8, 4) is 11.5 Å². The summed E-state index contributed by atoms with van der Waals surface area (Å²) in [5.74, 6) is 0.961. The third-order valence-corrected chi connectivity index (χ3v) is 14.3. The first-order valence-electron chi connectivity index (χ1n) is 25.0. The van der Waals surface area contributed by atoms with Gasteiger partial charge in [-0.2, -0.15) is 0 Å². The number of halogens is 1. The summed E-state index contributed by atoms with van der Waals surface area (Å²) in [6, 6.07) is 17.6. The molecule has 1 aliphatic heterocycles. The predicted molar refractivity (Wildman–Crippen MR) is 271 cm³/mol. The summed E-state index contributed by atoms with van der Waals surface area (Å²) in [4.78, 5) is 79.0. The number of likely N-dealkylation sites (tertiary alicyclic amines) is 1. The molecule has 0 unspecified atom stereocenters. The van der Waals surface area contributed by atoms with Crippen LogP contribution in [-0.2, 0) is 30.3 Å². The van der Waals surface area contributed by atoms with Crippen molar-refractivity contribution in [3.05, 3.63) is 87.7 Å². The molecule has 3 aliphatic rings. The maximum Gasteiger partial charge on any atom is 0.407 e. The van der Waals surface area contributed by atoms with E-state index in [0.717, 1.165) is 97.1 Å². The molecule has 1 saturated carbocycles. The van der Waals surface area contributed by atoms with Crippen LogP contribution in [0.4, 0.5) is 10.6 Å². The first-order valence-corrected chi connectivity index (χ1v) is 25.8. The Kier molecular flexibility index (Phi) is 18.3. The number of aryl methyl sites for hydroxylation is 2. The fraction of sp³-hybridized carbons (Fsp3) is 0.528. The number of aromatic nitrogens is 2. The number of hydrogen-bond acceptors (Lipinski definition) is 11. The molecule has 5 N–H and O–H groups in total. The Bertz CT molecular complexity index is 2480. The number of unbranched alkanes of at least 4 members (excludes halogenated alkanes) is 3. The Balaban J connectivity index is 0.943. The second-order valence-corrected chi connectivity index (χ2v) is 19.8. The van der Waals surface area contributed by atoms with E-state index in [4.69, 9.17) is 24.2 Å². The number of ether oxygens (including phenoxy) is 3. The molecule has 2 heterocycles. The Morgan fingerprint density at radius 3 is 2.43 bits per heavy atom. The van der Waals surface area contributed by atoms with Gasteiger partial charge >= 0.3 is 6.09 Å². The molecular weight excluding hydrogens is 957 g/mol. The molecule has 0 spiro atoms. The van der Waals surface area contributed by atoms with Gasteiger partial charge < -0.3 is 45.7 Å². The number of hydrogen-bond donors (Lipinski definition) is 5. The van der Waals surface area contributed by atoms with E-state index in [9.17, 15) is 24.0 Å². The number of fused-ring (bicyclic) bond motifs is 2. The molecule has 3 aromatic carbocycles. The van der Waals surface area contributed by atoms with Gasteiger partial charge in [0.25, 0.3) is 5.91 Å². The molecule has 1 aromatic heterocycles. The summed E-state index contributed by atoms with van der Waals surface area (Å²) in [5.41, 5.74) is 4.13. The SMILES string of the molecule is CNC(=O)O[C@@H](C)C(=O)N[C@H](C(=O)N1C[C@@H](NC(=O)CCCCCCOc2cc3nc(C)nc(N[C@H](C)c4cccc(Br)c4)c3cc2OC)C[C@H]1C(=O)N[C@@H]1CCCc2ccccc21)C1CCCCC1. The first-order chi connectivity index (χ1) is 33.8. The fourth-order valence-corrected chi connectivity index (χ4v) is 10.5. The van der Waals surface area contributed by atoms with Gasteiger partial charge in [0.1, 0.15) is 23.7 Å². The minimum absolute atomic E-state index is 0.0107. The van der Waals surface area contributed by atoms with Crippen LogP contribution in [-0.4, -0.2) is 96.1 Å². The molecule has 16 nitrogen and oxygen atoms in total. The van der Waals surface area contributed by atoms with Crippen LogP contribution in [0.1, 0.15) is 132 Å². The number of nitrogens with one attached hydrogen (secondary N) is 5. The van der Waals surface area contributed by atoms with Crippen molar-refractivity contribution in [2.75, 3.05) is 32.6 Å². The van der Waals surface area contributed by atoms with Crippen molar-refractivity contribution in [1.29, 1.82) is 0 Å². The standard InChI is InChI=1S/C53H69BrN8O8/c1-32(37-21-15-22-38(54)27-37)56-49-41-29-45(68-5)46(30-43(41)57-34(3)58-49)69-26-14-7-6-11-25-47(63)59-39-28-44(51(65)60-42-24-16-20-35-17-12-13-23-40(35)42)62(31-39)52(66)48(36-18-9-8-10-19-36)61-50(64)33(2)70-53(67)55-4/h12-13,15,17,21-23,27,29-30,32-33,36,39,42,44,48H,6-11,14,16,18-20,24-26,28,31H2,1-5H3,(H,55,67)(H,59,63)(H,60,65)(H,61,64)(H,56,57,58)/t32-,33+,39+,42-,44+,48+/m1/s1. The van der Waals surface area contributed by atoms with Gasteiger partial charge in [0, 0.05) is 42.0 Å². The zero-order valence-corrected chi connectivity index (χ0v) is 42.7. The van der Waals surface area contributed by atoms with Crippen LogP contribution in [0, 0.1) is 12.8 Å². The van der Waals surface area contributed by atoms with Crippen LogP contribution in [0.15, 0.2) is 65.1 Å². The van der Waals surface area contributed by atoms with Crippen LogP contribution in [0.3, 0.4) is 0 Å². The van der Waals surface area contributed by atoms with Crippen molar-refractivity contribution in [2.45, 2.75) is 147 Å². The highest BCUT2D eigenvalue weighted by Gasteiger charge is 2.45. The lowest BCUT2D eigenvalue weighted by atomic mass is 9.83. The summed E-state index contributed by atoms with van der Waals surface area (Å²) in [6.07, 6.45) is 8.64. The lowest BCUT2D eigenvalue weighted by Crippen LogP contribution is -2.58. The van der Waals surface area contributed by atoms with Crippen LogP contribution >= 0.6 is 15.9 Å². The first kappa shape index (κ1) is 51.9. The highest BCUT2D eigenvalue weighted by molar-refractivity contribution is 9.10. The minimum atomic E-state index is -1.15. The molecule has 5 amide bonds. The zero-order chi connectivity index (χ0) is 49.7. The number of benzene rings is 3. The molecule has 2 fully saturated rings. The Morgan fingerprint density at radius 1 is 0.871 bits per heavy atom. The Labute approximate surface area is 419 Å². The molecule has 6 atom stereocenters. The minimum Gasteiger partial charge on any atom is -0.493 e. The number of nitrogens with zero attached hydrogens (tertiary/aromatic N) is 3. The maximum absolute atomic E-state index is 14.8. The number of carbonyl (C=O) groups excluding carboxylic acids is 5. The number of carbonyl (C=O) groups is 5. The number of alkyl carbamates (subject to hydrolysis) is 1. The molecule has 4 aromatic rings. The van der Waals surface area contributed by atoms with Crippen LogP contribution in [0.2, 0.25) is 0 Å². The quantitative estimate of drug-likeness (QED) is 0.0533. The molecule has 2 aliphatic carbocycles. The average molecular weight is 1030 g/mol. The maximum atomic E-state index is 14.8. The molecule has 17 heteroatoms. The van der Waals surface area contributed by atoms with E-state index in [-0.39, 0.29) is 48.7 Å². The van der Waals surface area contributed by atoms with E-state index < -0.39 is 36.2 Å². The van der Waals surface area contributed by atoms with Crippen molar-refractivity contribution in [1.82, 2.24) is 36.1 Å². The molecular formula is C53H69BrN8O8. The van der Waals surface area contributed by atoms with Gasteiger partial charge in [0.2, 0.25) is 17.7 Å². The summed E-state index contributed by atoms with van der Waals surface area (Å²) < 4.78 is 18.2. The van der Waals surface area contributed by atoms with Crippen molar-refractivity contribution >= 4 is 62.4 Å². The zero-order valence-electron chi connectivity index (χ0n) is 41.1. The van der Waals surface area contributed by atoms with Gasteiger partial charge in [-0.3, -0.25) is 19.2 Å². The Morgan fingerprint density at radius 2 is 1.66 bits per heavy atom. The summed E-state index contributed by atoms with van der Waals surface area (Å²) in [6.45, 7) is 5.99. The van der Waals surface area contributed by atoms with E-state index in [1.807, 2.05) is 49.4 Å². The number of amides is 5. The van der Waals surface area contributed by atoms with E-state index in [1.54, 1.807) is 12.0 Å². The number of anilines is 1. The second kappa shape index (κ2) is 24.7. The highest BCUT2D eigenvalue weighted by Crippen LogP contribution is 2.36. The molecule has 376 valence electrons. The third kappa shape index (κ3) is 13.5. The topological polar surface area (TPSA) is 202 Å². The van der Waals surface area contributed by atoms with Crippen molar-refractivity contribution in [2.24, 2.45) is 5.92 Å². The van der Waals surface area contributed by atoms with Gasteiger partial charge in [-0.1, -0.05) is 84.4 Å². The largest absolute Gasteiger partial charge is 0.493 e. The predicted octanol–water partition coefficient (Wildman–Crippen LogP) is 8.30. The summed E-state index contributed by atoms with van der Waals surface area (Å²) in [7, 11) is 3.02. The van der Waals surface area contributed by atoms with E-state index in [0.29, 0.717) is 42.6 Å². The van der Waals surface area contributed by atoms with Crippen LogP contribution in [0.25, 0.3) is 10.9 Å². The second-order valence-electron chi connectivity index (χ2n) is 18.9. The monoisotopic (exact) mass is 1020 g/mol. The molecule has 0 bridgehead atoms. The lowest BCUT2D eigenvalue weighted by molar-refractivity contribution is -0.144. The lowest BCUT2D eigenvalue weighted by Gasteiger charge is -2.35. The fourth-order valence-electron chi connectivity index (χ4n) is 10.1. The van der Waals surface area contributed by atoms with E-state index in [2.05, 4.69) is 67.6 Å². The van der Waals surface area contributed by atoms with Gasteiger partial charge in [0.15, 0.2) is 17.6 Å². The van der Waals surface area contributed by atoms with Gasteiger partial charge in [-0.15, -0.1) is 0 Å². The van der Waals surface area contributed by atoms with Crippen LogP contribution < -0.4 is 36.1 Å². The molecule has 7 rings (SSSR count). The van der Waals surface area contributed by atoms with E-state index >= 15 is 0 Å². The number of rotatable bonds is 20.